The molecule has 198 valence electrons. The van der Waals surface area contributed by atoms with Gasteiger partial charge in [-0.3, -0.25) is 14.4 Å². The van der Waals surface area contributed by atoms with Crippen LogP contribution in [0, 0.1) is 11.8 Å². The van der Waals surface area contributed by atoms with Crippen LogP contribution in [0.3, 0.4) is 0 Å². The second-order valence-corrected chi connectivity index (χ2v) is 10.0. The predicted octanol–water partition coefficient (Wildman–Crippen LogP) is 1.21. The van der Waals surface area contributed by atoms with Gasteiger partial charge in [-0.25, -0.2) is 4.79 Å². The van der Waals surface area contributed by atoms with Crippen molar-refractivity contribution in [1.82, 2.24) is 20.9 Å². The largest absolute Gasteiger partial charge is 0.480 e. The van der Waals surface area contributed by atoms with Crippen LogP contribution in [0.15, 0.2) is 30.5 Å². The van der Waals surface area contributed by atoms with Crippen LogP contribution in [0.4, 0.5) is 0 Å². The molecular formula is C25H37N5O5S. The molecule has 3 amide bonds. The second kappa shape index (κ2) is 13.3. The van der Waals surface area contributed by atoms with Gasteiger partial charge in [-0.15, -0.1) is 0 Å². The number of fused-ring (bicyclic) bond motifs is 1. The SMILES string of the molecule is CC(C)CC(NC(=O)C(N)C(C)C)C(=O)NC(CS)C(=O)NC(Cc1c[nH]c2ccccc12)C(=O)O. The fraction of sp³-hybridized carbons (Fsp3) is 0.520. The van der Waals surface area contributed by atoms with Gasteiger partial charge in [0.05, 0.1) is 6.04 Å². The molecular weight excluding hydrogens is 482 g/mol. The minimum atomic E-state index is -1.22. The number of hydrogen-bond acceptors (Lipinski definition) is 6. The number of rotatable bonds is 13. The highest BCUT2D eigenvalue weighted by atomic mass is 32.1. The first-order valence-electron chi connectivity index (χ1n) is 12.0. The van der Waals surface area contributed by atoms with Crippen molar-refractivity contribution < 1.29 is 24.3 Å². The molecule has 0 aliphatic heterocycles. The molecule has 2 rings (SSSR count). The van der Waals surface area contributed by atoms with Crippen molar-refractivity contribution in [3.8, 4) is 0 Å². The fourth-order valence-corrected chi connectivity index (χ4v) is 3.99. The number of thiol groups is 1. The summed E-state index contributed by atoms with van der Waals surface area (Å²) in [6.45, 7) is 7.41. The Labute approximate surface area is 216 Å². The number of benzene rings is 1. The molecule has 0 saturated carbocycles. The maximum absolute atomic E-state index is 13.0. The van der Waals surface area contributed by atoms with E-state index in [-0.39, 0.29) is 24.0 Å². The first-order chi connectivity index (χ1) is 16.9. The number of carbonyl (C=O) groups excluding carboxylic acids is 3. The summed E-state index contributed by atoms with van der Waals surface area (Å²) in [5.41, 5.74) is 7.51. The van der Waals surface area contributed by atoms with Crippen LogP contribution in [0.1, 0.15) is 39.7 Å². The van der Waals surface area contributed by atoms with Crippen molar-refractivity contribution in [3.63, 3.8) is 0 Å². The van der Waals surface area contributed by atoms with Gasteiger partial charge in [0.25, 0.3) is 0 Å². The predicted molar refractivity (Wildman–Crippen MR) is 142 cm³/mol. The van der Waals surface area contributed by atoms with Crippen molar-refractivity contribution in [1.29, 1.82) is 0 Å². The van der Waals surface area contributed by atoms with E-state index in [4.69, 9.17) is 5.73 Å². The Bertz CT molecular complexity index is 1070. The highest BCUT2D eigenvalue weighted by Crippen LogP contribution is 2.19. The lowest BCUT2D eigenvalue weighted by atomic mass is 10.00. The van der Waals surface area contributed by atoms with Gasteiger partial charge < -0.3 is 31.8 Å². The molecule has 0 aliphatic rings. The summed E-state index contributed by atoms with van der Waals surface area (Å²) >= 11 is 4.17. The average molecular weight is 520 g/mol. The van der Waals surface area contributed by atoms with Crippen LogP contribution in [0.25, 0.3) is 10.9 Å². The van der Waals surface area contributed by atoms with E-state index in [0.717, 1.165) is 16.5 Å². The Kier molecular flexibility index (Phi) is 10.8. The van der Waals surface area contributed by atoms with E-state index < -0.39 is 47.9 Å². The summed E-state index contributed by atoms with van der Waals surface area (Å²) in [7, 11) is 0. The molecule has 0 bridgehead atoms. The van der Waals surface area contributed by atoms with Crippen molar-refractivity contribution in [2.24, 2.45) is 17.6 Å². The monoisotopic (exact) mass is 519 g/mol. The normalized spacial score (nSPS) is 14.8. The molecule has 1 aromatic carbocycles. The topological polar surface area (TPSA) is 166 Å². The fourth-order valence-electron chi connectivity index (χ4n) is 3.73. The minimum Gasteiger partial charge on any atom is -0.480 e. The number of aromatic amines is 1. The lowest BCUT2D eigenvalue weighted by Crippen LogP contribution is -2.58. The number of carboxylic acids is 1. The number of nitrogens with two attached hydrogens (primary N) is 1. The van der Waals surface area contributed by atoms with Gasteiger partial charge in [0.2, 0.25) is 17.7 Å². The van der Waals surface area contributed by atoms with E-state index >= 15 is 0 Å². The maximum Gasteiger partial charge on any atom is 0.326 e. The summed E-state index contributed by atoms with van der Waals surface area (Å²) in [6.07, 6.45) is 2.10. The number of aromatic nitrogens is 1. The van der Waals surface area contributed by atoms with Gasteiger partial charge in [0.15, 0.2) is 0 Å². The number of H-pyrrole nitrogens is 1. The Morgan fingerprint density at radius 3 is 2.11 bits per heavy atom. The third-order valence-electron chi connectivity index (χ3n) is 5.89. The number of carboxylic acid groups (broad SMARTS) is 1. The van der Waals surface area contributed by atoms with Gasteiger partial charge in [0, 0.05) is 29.3 Å². The Hall–Kier alpha value is -3.05. The lowest BCUT2D eigenvalue weighted by Gasteiger charge is -2.26. The van der Waals surface area contributed by atoms with E-state index in [2.05, 4.69) is 33.6 Å². The molecule has 7 N–H and O–H groups in total. The Morgan fingerprint density at radius 1 is 0.944 bits per heavy atom. The third kappa shape index (κ3) is 7.99. The smallest absolute Gasteiger partial charge is 0.326 e. The molecule has 0 saturated heterocycles. The van der Waals surface area contributed by atoms with E-state index in [1.165, 1.54) is 0 Å². The van der Waals surface area contributed by atoms with Gasteiger partial charge in [0.1, 0.15) is 18.1 Å². The zero-order valence-corrected chi connectivity index (χ0v) is 22.0. The van der Waals surface area contributed by atoms with Crippen LogP contribution in [0.5, 0.6) is 0 Å². The summed E-state index contributed by atoms with van der Waals surface area (Å²) in [6, 6.07) is 3.46. The van der Waals surface area contributed by atoms with Crippen molar-refractivity contribution in [2.75, 3.05) is 5.75 Å². The molecule has 0 aliphatic carbocycles. The average Bonchev–Trinajstić information content (AvgIpc) is 3.23. The quantitative estimate of drug-likeness (QED) is 0.196. The summed E-state index contributed by atoms with van der Waals surface area (Å²) in [5.74, 6) is -3.01. The highest BCUT2D eigenvalue weighted by Gasteiger charge is 2.31. The number of amides is 3. The molecule has 36 heavy (non-hydrogen) atoms. The summed E-state index contributed by atoms with van der Waals surface area (Å²) in [4.78, 5) is 53.4. The molecule has 0 spiro atoms. The first-order valence-corrected chi connectivity index (χ1v) is 12.6. The molecule has 1 aromatic heterocycles. The molecule has 11 heteroatoms. The molecule has 0 radical (unpaired) electrons. The van der Waals surface area contributed by atoms with Crippen molar-refractivity contribution >= 4 is 47.2 Å². The Balaban J connectivity index is 2.10. The van der Waals surface area contributed by atoms with E-state index in [1.54, 1.807) is 20.0 Å². The molecule has 10 nitrogen and oxygen atoms in total. The first kappa shape index (κ1) is 29.2. The van der Waals surface area contributed by atoms with Gasteiger partial charge in [-0.1, -0.05) is 45.9 Å². The number of hydrogen-bond donors (Lipinski definition) is 7. The zero-order chi connectivity index (χ0) is 27.0. The van der Waals surface area contributed by atoms with Crippen LogP contribution in [-0.4, -0.2) is 63.7 Å². The van der Waals surface area contributed by atoms with Crippen molar-refractivity contribution in [3.05, 3.63) is 36.0 Å². The number of nitrogens with one attached hydrogen (secondary N) is 4. The van der Waals surface area contributed by atoms with Gasteiger partial charge in [-0.2, -0.15) is 12.6 Å². The zero-order valence-electron chi connectivity index (χ0n) is 21.1. The van der Waals surface area contributed by atoms with Crippen LogP contribution < -0.4 is 21.7 Å². The van der Waals surface area contributed by atoms with E-state index in [0.29, 0.717) is 6.42 Å². The van der Waals surface area contributed by atoms with Crippen LogP contribution >= 0.6 is 12.6 Å². The molecule has 1 heterocycles. The van der Waals surface area contributed by atoms with Crippen LogP contribution in [0.2, 0.25) is 0 Å². The second-order valence-electron chi connectivity index (χ2n) is 9.67. The summed E-state index contributed by atoms with van der Waals surface area (Å²) in [5, 5.41) is 18.4. The third-order valence-corrected chi connectivity index (χ3v) is 6.26. The molecule has 2 aromatic rings. The minimum absolute atomic E-state index is 0.0530. The number of para-hydroxylation sites is 1. The molecule has 4 atom stereocenters. The van der Waals surface area contributed by atoms with Gasteiger partial charge >= 0.3 is 5.97 Å². The van der Waals surface area contributed by atoms with E-state index in [9.17, 15) is 24.3 Å². The van der Waals surface area contributed by atoms with E-state index in [1.807, 2.05) is 38.1 Å². The van der Waals surface area contributed by atoms with Crippen LogP contribution in [-0.2, 0) is 25.6 Å². The number of aliphatic carboxylic acids is 1. The molecule has 4 unspecified atom stereocenters. The van der Waals surface area contributed by atoms with Crippen molar-refractivity contribution in [2.45, 2.75) is 64.7 Å². The lowest BCUT2D eigenvalue weighted by molar-refractivity contribution is -0.142. The standard InChI is InChI=1S/C25H37N5O5S/c1-13(2)9-18(28-24(33)21(26)14(3)4)22(31)30-20(12-36)23(32)29-19(25(34)35)10-15-11-27-17-8-6-5-7-16(15)17/h5-8,11,13-14,18-21,27,36H,9-10,12,26H2,1-4H3,(H,28,33)(H,29,32)(H,30,31)(H,34,35). The Morgan fingerprint density at radius 2 is 1.53 bits per heavy atom. The highest BCUT2D eigenvalue weighted by molar-refractivity contribution is 7.80. The molecule has 0 fully saturated rings. The van der Waals surface area contributed by atoms with Gasteiger partial charge in [-0.05, 0) is 29.9 Å². The number of carbonyl (C=O) groups is 4. The summed E-state index contributed by atoms with van der Waals surface area (Å²) < 4.78 is 0. The maximum atomic E-state index is 13.0.